The molecule has 1 N–H and O–H groups in total. The molecule has 0 fully saturated rings. The fraction of sp³-hybridized carbons (Fsp3) is 0.250. The van der Waals surface area contributed by atoms with Gasteiger partial charge >= 0.3 is 11.9 Å². The van der Waals surface area contributed by atoms with Crippen LogP contribution < -0.4 is 10.2 Å². The molecule has 0 spiro atoms. The first kappa shape index (κ1) is 20.0. The van der Waals surface area contributed by atoms with Gasteiger partial charge in [-0.3, -0.25) is 4.79 Å². The van der Waals surface area contributed by atoms with Crippen LogP contribution in [0.4, 0.5) is 11.4 Å². The summed E-state index contributed by atoms with van der Waals surface area (Å²) in [4.78, 5) is 37.7. The lowest BCUT2D eigenvalue weighted by Crippen LogP contribution is -2.21. The van der Waals surface area contributed by atoms with E-state index in [0.717, 1.165) is 11.3 Å². The van der Waals surface area contributed by atoms with Gasteiger partial charge < -0.3 is 19.7 Å². The van der Waals surface area contributed by atoms with Crippen molar-refractivity contribution in [1.82, 2.24) is 0 Å². The van der Waals surface area contributed by atoms with E-state index in [1.807, 2.05) is 25.1 Å². The number of anilines is 2. The van der Waals surface area contributed by atoms with Crippen molar-refractivity contribution in [3.8, 4) is 0 Å². The zero-order chi connectivity index (χ0) is 20.0. The van der Waals surface area contributed by atoms with E-state index in [0.29, 0.717) is 16.8 Å². The molecule has 0 aliphatic rings. The highest BCUT2D eigenvalue weighted by Crippen LogP contribution is 2.18. The Morgan fingerprint density at radius 2 is 1.70 bits per heavy atom. The van der Waals surface area contributed by atoms with Crippen molar-refractivity contribution in [3.05, 3.63) is 59.2 Å². The van der Waals surface area contributed by atoms with Crippen molar-refractivity contribution in [2.45, 2.75) is 6.92 Å². The van der Waals surface area contributed by atoms with E-state index < -0.39 is 24.5 Å². The van der Waals surface area contributed by atoms with E-state index in [-0.39, 0.29) is 0 Å². The van der Waals surface area contributed by atoms with Gasteiger partial charge in [0.1, 0.15) is 0 Å². The number of rotatable bonds is 6. The second-order valence-electron chi connectivity index (χ2n) is 6.09. The lowest BCUT2D eigenvalue weighted by Gasteiger charge is -2.13. The maximum atomic E-state index is 12.1. The summed E-state index contributed by atoms with van der Waals surface area (Å²) in [5.74, 6) is -1.59. The third kappa shape index (κ3) is 5.31. The van der Waals surface area contributed by atoms with E-state index in [1.165, 1.54) is 13.2 Å². The minimum absolute atomic E-state index is 0.316. The molecule has 7 nitrogen and oxygen atoms in total. The van der Waals surface area contributed by atoms with E-state index in [2.05, 4.69) is 10.1 Å². The molecule has 2 rings (SSSR count). The molecule has 0 unspecified atom stereocenters. The molecule has 2 aromatic carbocycles. The predicted molar refractivity (Wildman–Crippen MR) is 102 cm³/mol. The van der Waals surface area contributed by atoms with E-state index in [4.69, 9.17) is 4.74 Å². The molecule has 0 bridgehead atoms. The van der Waals surface area contributed by atoms with Gasteiger partial charge in [0, 0.05) is 25.5 Å². The second-order valence-corrected chi connectivity index (χ2v) is 6.09. The second kappa shape index (κ2) is 8.84. The molecule has 27 heavy (non-hydrogen) atoms. The fourth-order valence-electron chi connectivity index (χ4n) is 2.31. The summed E-state index contributed by atoms with van der Waals surface area (Å²) < 4.78 is 9.74. The predicted octanol–water partition coefficient (Wildman–Crippen LogP) is 2.64. The molecule has 0 saturated carbocycles. The molecule has 2 aromatic rings. The normalized spacial score (nSPS) is 10.1. The first-order valence-electron chi connectivity index (χ1n) is 8.25. The quantitative estimate of drug-likeness (QED) is 0.787. The maximum absolute atomic E-state index is 12.1. The molecule has 0 saturated heterocycles. The van der Waals surface area contributed by atoms with Gasteiger partial charge in [0.2, 0.25) is 0 Å². The number of esters is 2. The summed E-state index contributed by atoms with van der Waals surface area (Å²) >= 11 is 0. The van der Waals surface area contributed by atoms with Crippen molar-refractivity contribution in [3.63, 3.8) is 0 Å². The summed E-state index contributed by atoms with van der Waals surface area (Å²) in [6.45, 7) is 1.35. The van der Waals surface area contributed by atoms with Crippen molar-refractivity contribution in [1.29, 1.82) is 0 Å². The van der Waals surface area contributed by atoms with Crippen LogP contribution in [-0.2, 0) is 14.3 Å². The molecular formula is C20H22N2O5. The summed E-state index contributed by atoms with van der Waals surface area (Å²) in [5.41, 5.74) is 2.74. The Morgan fingerprint density at radius 1 is 1.00 bits per heavy atom. The molecule has 1 amide bonds. The minimum atomic E-state index is -0.589. The number of methoxy groups -OCH3 is 1. The molecular weight excluding hydrogens is 348 g/mol. The third-order valence-corrected chi connectivity index (χ3v) is 3.87. The topological polar surface area (TPSA) is 84.9 Å². The van der Waals surface area contributed by atoms with Crippen LogP contribution in [0.25, 0.3) is 0 Å². The average molecular weight is 370 g/mol. The van der Waals surface area contributed by atoms with Crippen LogP contribution in [0.2, 0.25) is 0 Å². The number of hydrogen-bond acceptors (Lipinski definition) is 6. The van der Waals surface area contributed by atoms with Gasteiger partial charge in [0.15, 0.2) is 6.61 Å². The number of nitrogens with zero attached hydrogens (tertiary/aromatic N) is 1. The molecule has 0 radical (unpaired) electrons. The number of amides is 1. The van der Waals surface area contributed by atoms with Gasteiger partial charge in [-0.25, -0.2) is 9.59 Å². The van der Waals surface area contributed by atoms with Gasteiger partial charge in [-0.05, 0) is 42.8 Å². The largest absolute Gasteiger partial charge is 0.465 e. The highest BCUT2D eigenvalue weighted by atomic mass is 16.5. The number of aryl methyl sites for hydroxylation is 1. The average Bonchev–Trinajstić information content (AvgIpc) is 2.67. The standard InChI is InChI=1S/C20H22N2O5/c1-13-8-9-15(19(24)26-4)11-17(13)21-18(23)12-27-20(25)14-6-5-7-16(10-14)22(2)3/h5-11H,12H2,1-4H3,(H,21,23). The van der Waals surface area contributed by atoms with Gasteiger partial charge in [-0.15, -0.1) is 0 Å². The summed E-state index contributed by atoms with van der Waals surface area (Å²) in [5, 5.41) is 2.63. The van der Waals surface area contributed by atoms with Crippen LogP contribution in [0.5, 0.6) is 0 Å². The zero-order valence-corrected chi connectivity index (χ0v) is 15.7. The molecule has 0 aromatic heterocycles. The smallest absolute Gasteiger partial charge is 0.338 e. The van der Waals surface area contributed by atoms with Gasteiger partial charge in [-0.1, -0.05) is 12.1 Å². The van der Waals surface area contributed by atoms with Crippen LogP contribution in [0.1, 0.15) is 26.3 Å². The van der Waals surface area contributed by atoms with Crippen LogP contribution in [0.3, 0.4) is 0 Å². The fourth-order valence-corrected chi connectivity index (χ4v) is 2.31. The first-order chi connectivity index (χ1) is 12.8. The highest BCUT2D eigenvalue weighted by Gasteiger charge is 2.13. The number of hydrogen-bond donors (Lipinski definition) is 1. The van der Waals surface area contributed by atoms with Crippen LogP contribution in [-0.4, -0.2) is 45.7 Å². The van der Waals surface area contributed by atoms with Crippen molar-refractivity contribution >= 4 is 29.2 Å². The van der Waals surface area contributed by atoms with E-state index in [9.17, 15) is 14.4 Å². The molecule has 7 heteroatoms. The molecule has 0 heterocycles. The Hall–Kier alpha value is -3.35. The minimum Gasteiger partial charge on any atom is -0.465 e. The Kier molecular flexibility index (Phi) is 6.54. The van der Waals surface area contributed by atoms with E-state index >= 15 is 0 Å². The SMILES string of the molecule is COC(=O)c1ccc(C)c(NC(=O)COC(=O)c2cccc(N(C)C)c2)c1. The van der Waals surface area contributed by atoms with Crippen LogP contribution in [0.15, 0.2) is 42.5 Å². The van der Waals surface area contributed by atoms with Crippen molar-refractivity contribution < 1.29 is 23.9 Å². The van der Waals surface area contributed by atoms with Gasteiger partial charge in [0.05, 0.1) is 18.2 Å². The maximum Gasteiger partial charge on any atom is 0.338 e. The summed E-state index contributed by atoms with van der Waals surface area (Å²) in [7, 11) is 5.01. The first-order valence-corrected chi connectivity index (χ1v) is 8.25. The Labute approximate surface area is 157 Å². The summed E-state index contributed by atoms with van der Waals surface area (Å²) in [6, 6.07) is 11.7. The van der Waals surface area contributed by atoms with Gasteiger partial charge in [-0.2, -0.15) is 0 Å². The third-order valence-electron chi connectivity index (χ3n) is 3.87. The molecule has 0 aliphatic carbocycles. The monoisotopic (exact) mass is 370 g/mol. The van der Waals surface area contributed by atoms with Crippen LogP contribution in [0, 0.1) is 6.92 Å². The number of ether oxygens (including phenoxy) is 2. The lowest BCUT2D eigenvalue weighted by atomic mass is 10.1. The number of nitrogens with one attached hydrogen (secondary N) is 1. The molecule has 0 aliphatic heterocycles. The number of carbonyl (C=O) groups is 3. The number of benzene rings is 2. The molecule has 142 valence electrons. The Bertz CT molecular complexity index is 861. The van der Waals surface area contributed by atoms with Gasteiger partial charge in [0.25, 0.3) is 5.91 Å². The lowest BCUT2D eigenvalue weighted by molar-refractivity contribution is -0.119. The van der Waals surface area contributed by atoms with E-state index in [1.54, 1.807) is 37.3 Å². The summed E-state index contributed by atoms with van der Waals surface area (Å²) in [6.07, 6.45) is 0. The number of carbonyl (C=O) groups excluding carboxylic acids is 3. The Balaban J connectivity index is 1.99. The van der Waals surface area contributed by atoms with Crippen LogP contribution >= 0.6 is 0 Å². The highest BCUT2D eigenvalue weighted by molar-refractivity contribution is 5.97. The molecule has 0 atom stereocenters. The van der Waals surface area contributed by atoms with Crippen molar-refractivity contribution in [2.75, 3.05) is 38.0 Å². The van der Waals surface area contributed by atoms with Crippen molar-refractivity contribution in [2.24, 2.45) is 0 Å². The zero-order valence-electron chi connectivity index (χ0n) is 15.7. The Morgan fingerprint density at radius 3 is 2.37 bits per heavy atom.